The van der Waals surface area contributed by atoms with Gasteiger partial charge in [-0.05, 0) is 25.5 Å². The van der Waals surface area contributed by atoms with Gasteiger partial charge in [-0.1, -0.05) is 19.1 Å². The van der Waals surface area contributed by atoms with Crippen molar-refractivity contribution in [2.24, 2.45) is 0 Å². The van der Waals surface area contributed by atoms with Crippen LogP contribution in [-0.2, 0) is 13.1 Å². The van der Waals surface area contributed by atoms with Crippen LogP contribution in [0.15, 0.2) is 30.6 Å². The first kappa shape index (κ1) is 15.2. The van der Waals surface area contributed by atoms with Crippen LogP contribution < -0.4 is 5.32 Å². The van der Waals surface area contributed by atoms with Crippen LogP contribution in [0.1, 0.15) is 30.0 Å². The Bertz CT molecular complexity index is 622. The Morgan fingerprint density at radius 2 is 2.24 bits per heavy atom. The van der Waals surface area contributed by atoms with Crippen molar-refractivity contribution >= 4 is 5.69 Å². The molecule has 0 bridgehead atoms. The number of nitro groups is 1. The van der Waals surface area contributed by atoms with Gasteiger partial charge >= 0.3 is 0 Å². The van der Waals surface area contributed by atoms with Crippen molar-refractivity contribution in [1.29, 1.82) is 0 Å². The number of hydrogen-bond acceptors (Lipinski definition) is 4. The van der Waals surface area contributed by atoms with E-state index in [0.29, 0.717) is 12.1 Å². The Labute approximate surface area is 123 Å². The van der Waals surface area contributed by atoms with Crippen molar-refractivity contribution < 1.29 is 4.92 Å². The Hall–Kier alpha value is -2.21. The number of hydrogen-bond donors (Lipinski definition) is 1. The summed E-state index contributed by atoms with van der Waals surface area (Å²) in [4.78, 5) is 10.6. The van der Waals surface area contributed by atoms with E-state index in [-0.39, 0.29) is 10.6 Å². The van der Waals surface area contributed by atoms with Gasteiger partial charge < -0.3 is 5.32 Å². The predicted molar refractivity (Wildman–Crippen MR) is 81.2 cm³/mol. The molecule has 0 aliphatic carbocycles. The smallest absolute Gasteiger partial charge is 0.272 e. The SMILES string of the molecule is CCCNCc1cnn(Cc2cccc([N+](=O)[O-])c2C)c1. The van der Waals surface area contributed by atoms with E-state index in [1.807, 2.05) is 23.1 Å². The van der Waals surface area contributed by atoms with Crippen molar-refractivity contribution in [2.45, 2.75) is 33.4 Å². The maximum atomic E-state index is 11.0. The molecule has 0 fully saturated rings. The zero-order chi connectivity index (χ0) is 15.2. The van der Waals surface area contributed by atoms with Crippen molar-refractivity contribution in [3.8, 4) is 0 Å². The molecule has 112 valence electrons. The topological polar surface area (TPSA) is 73.0 Å². The number of benzene rings is 1. The van der Waals surface area contributed by atoms with Crippen LogP contribution in [0.5, 0.6) is 0 Å². The molecule has 0 saturated heterocycles. The fourth-order valence-electron chi connectivity index (χ4n) is 2.21. The minimum atomic E-state index is -0.345. The summed E-state index contributed by atoms with van der Waals surface area (Å²) >= 11 is 0. The van der Waals surface area contributed by atoms with E-state index in [1.54, 1.807) is 13.0 Å². The van der Waals surface area contributed by atoms with Crippen LogP contribution in [-0.4, -0.2) is 21.2 Å². The van der Waals surface area contributed by atoms with Crippen molar-refractivity contribution in [1.82, 2.24) is 15.1 Å². The monoisotopic (exact) mass is 288 g/mol. The third-order valence-electron chi connectivity index (χ3n) is 3.39. The summed E-state index contributed by atoms with van der Waals surface area (Å²) in [6.45, 7) is 6.22. The molecule has 0 radical (unpaired) electrons. The van der Waals surface area contributed by atoms with E-state index in [2.05, 4.69) is 17.3 Å². The first-order valence-corrected chi connectivity index (χ1v) is 7.06. The van der Waals surface area contributed by atoms with E-state index < -0.39 is 0 Å². The molecule has 6 heteroatoms. The fraction of sp³-hybridized carbons (Fsp3) is 0.400. The van der Waals surface area contributed by atoms with Crippen LogP contribution in [0.25, 0.3) is 0 Å². The molecule has 6 nitrogen and oxygen atoms in total. The van der Waals surface area contributed by atoms with Gasteiger partial charge in [0.15, 0.2) is 0 Å². The molecule has 2 aromatic rings. The lowest BCUT2D eigenvalue weighted by Gasteiger charge is -2.06. The standard InChI is InChI=1S/C15H20N4O2/c1-3-7-16-8-13-9-17-18(10-13)11-14-5-4-6-15(12(14)2)19(20)21/h4-6,9-10,16H,3,7-8,11H2,1-2H3. The molecule has 0 aliphatic rings. The van der Waals surface area contributed by atoms with Gasteiger partial charge in [-0.2, -0.15) is 5.10 Å². The largest absolute Gasteiger partial charge is 0.313 e. The van der Waals surface area contributed by atoms with Gasteiger partial charge in [-0.25, -0.2) is 0 Å². The van der Waals surface area contributed by atoms with Crippen LogP contribution in [0.2, 0.25) is 0 Å². The molecule has 1 heterocycles. The van der Waals surface area contributed by atoms with Gasteiger partial charge in [0.2, 0.25) is 0 Å². The second-order valence-corrected chi connectivity index (χ2v) is 5.04. The third kappa shape index (κ3) is 3.88. The third-order valence-corrected chi connectivity index (χ3v) is 3.39. The first-order valence-electron chi connectivity index (χ1n) is 7.06. The molecule has 0 unspecified atom stereocenters. The summed E-state index contributed by atoms with van der Waals surface area (Å²) in [6.07, 6.45) is 4.90. The number of nitro benzene ring substituents is 1. The quantitative estimate of drug-likeness (QED) is 0.483. The highest BCUT2D eigenvalue weighted by Gasteiger charge is 2.13. The van der Waals surface area contributed by atoms with Gasteiger partial charge in [0.05, 0.1) is 17.7 Å². The highest BCUT2D eigenvalue weighted by atomic mass is 16.6. The summed E-state index contributed by atoms with van der Waals surface area (Å²) in [5, 5.41) is 18.6. The van der Waals surface area contributed by atoms with Crippen molar-refractivity contribution in [2.75, 3.05) is 6.54 Å². The van der Waals surface area contributed by atoms with E-state index in [9.17, 15) is 10.1 Å². The van der Waals surface area contributed by atoms with Gasteiger partial charge in [0.1, 0.15) is 0 Å². The van der Waals surface area contributed by atoms with Crippen LogP contribution in [0.4, 0.5) is 5.69 Å². The van der Waals surface area contributed by atoms with Gasteiger partial charge in [0, 0.05) is 29.9 Å². The van der Waals surface area contributed by atoms with Crippen molar-refractivity contribution in [3.63, 3.8) is 0 Å². The van der Waals surface area contributed by atoms with Crippen LogP contribution in [0, 0.1) is 17.0 Å². The predicted octanol–water partition coefficient (Wildman–Crippen LogP) is 2.65. The average Bonchev–Trinajstić information content (AvgIpc) is 2.89. The summed E-state index contributed by atoms with van der Waals surface area (Å²) in [5.74, 6) is 0. The zero-order valence-electron chi connectivity index (χ0n) is 12.4. The average molecular weight is 288 g/mol. The molecule has 2 rings (SSSR count). The van der Waals surface area contributed by atoms with Crippen LogP contribution in [0.3, 0.4) is 0 Å². The molecule has 0 spiro atoms. The molecule has 1 N–H and O–H groups in total. The molecule has 0 saturated carbocycles. The summed E-state index contributed by atoms with van der Waals surface area (Å²) < 4.78 is 1.81. The van der Waals surface area contributed by atoms with Crippen molar-refractivity contribution in [3.05, 3.63) is 57.4 Å². The second-order valence-electron chi connectivity index (χ2n) is 5.04. The van der Waals surface area contributed by atoms with Gasteiger partial charge in [-0.3, -0.25) is 14.8 Å². The lowest BCUT2D eigenvalue weighted by Crippen LogP contribution is -2.13. The Balaban J connectivity index is 2.08. The minimum absolute atomic E-state index is 0.157. The first-order chi connectivity index (χ1) is 10.1. The lowest BCUT2D eigenvalue weighted by molar-refractivity contribution is -0.385. The highest BCUT2D eigenvalue weighted by molar-refractivity contribution is 5.44. The molecule has 1 aromatic carbocycles. The maximum absolute atomic E-state index is 11.0. The molecule has 0 atom stereocenters. The lowest BCUT2D eigenvalue weighted by atomic mass is 10.1. The Kier molecular flexibility index (Phi) is 5.05. The molecular formula is C15H20N4O2. The van der Waals surface area contributed by atoms with Gasteiger partial charge in [0.25, 0.3) is 5.69 Å². The normalized spacial score (nSPS) is 10.8. The molecule has 0 amide bonds. The van der Waals surface area contributed by atoms with E-state index >= 15 is 0 Å². The van der Waals surface area contributed by atoms with E-state index in [4.69, 9.17) is 0 Å². The number of nitrogens with zero attached hydrogens (tertiary/aromatic N) is 3. The Morgan fingerprint density at radius 1 is 1.43 bits per heavy atom. The van der Waals surface area contributed by atoms with Gasteiger partial charge in [-0.15, -0.1) is 0 Å². The van der Waals surface area contributed by atoms with E-state index in [0.717, 1.165) is 30.6 Å². The molecular weight excluding hydrogens is 268 g/mol. The second kappa shape index (κ2) is 6.99. The highest BCUT2D eigenvalue weighted by Crippen LogP contribution is 2.21. The summed E-state index contributed by atoms with van der Waals surface area (Å²) in [5.41, 5.74) is 2.89. The Morgan fingerprint density at radius 3 is 2.95 bits per heavy atom. The number of aromatic nitrogens is 2. The zero-order valence-corrected chi connectivity index (χ0v) is 12.4. The summed E-state index contributed by atoms with van der Waals surface area (Å²) in [6, 6.07) is 5.15. The molecule has 1 aromatic heterocycles. The van der Waals surface area contributed by atoms with Crippen LogP contribution >= 0.6 is 0 Å². The number of nitrogens with one attached hydrogen (secondary N) is 1. The minimum Gasteiger partial charge on any atom is -0.313 e. The number of rotatable bonds is 7. The van der Waals surface area contributed by atoms with E-state index in [1.165, 1.54) is 6.07 Å². The summed E-state index contributed by atoms with van der Waals surface area (Å²) in [7, 11) is 0. The fourth-order valence-corrected chi connectivity index (χ4v) is 2.21. The molecule has 21 heavy (non-hydrogen) atoms. The maximum Gasteiger partial charge on any atom is 0.272 e. The molecule has 0 aliphatic heterocycles.